The number of carbonyl (C=O) groups is 1. The summed E-state index contributed by atoms with van der Waals surface area (Å²) in [6, 6.07) is 9.99. The average molecular weight is 380 g/mol. The Kier molecular flexibility index (Phi) is 4.87. The van der Waals surface area contributed by atoms with Gasteiger partial charge in [-0.05, 0) is 69.4 Å². The first kappa shape index (κ1) is 18.0. The van der Waals surface area contributed by atoms with Crippen LogP contribution in [0.25, 0.3) is 10.2 Å². The van der Waals surface area contributed by atoms with Crippen molar-refractivity contribution in [3.05, 3.63) is 52.6 Å². The lowest BCUT2D eigenvalue weighted by Crippen LogP contribution is -2.29. The Labute approximate surface area is 164 Å². The number of hydrogen-bond acceptors (Lipinski definition) is 4. The molecular weight excluding hydrogens is 354 g/mol. The minimum Gasteiger partial charge on any atom is -0.348 e. The molecule has 1 aromatic heterocycles. The van der Waals surface area contributed by atoms with E-state index in [1.165, 1.54) is 24.8 Å². The van der Waals surface area contributed by atoms with Gasteiger partial charge in [-0.1, -0.05) is 29.0 Å². The molecule has 2 heterocycles. The second-order valence-electron chi connectivity index (χ2n) is 7.45. The number of anilines is 2. The summed E-state index contributed by atoms with van der Waals surface area (Å²) in [5.41, 5.74) is 5.94. The molecule has 0 bridgehead atoms. The summed E-state index contributed by atoms with van der Waals surface area (Å²) < 4.78 is 1.07. The zero-order chi connectivity index (χ0) is 19.0. The normalized spacial score (nSPS) is 14.6. The van der Waals surface area contributed by atoms with E-state index in [1.54, 1.807) is 11.3 Å². The fourth-order valence-corrected chi connectivity index (χ4v) is 4.89. The number of aromatic nitrogens is 1. The molecule has 3 aromatic rings. The number of carbonyl (C=O) groups excluding carboxylic acids is 1. The molecule has 4 nitrogen and oxygen atoms in total. The van der Waals surface area contributed by atoms with Crippen molar-refractivity contribution in [2.45, 2.75) is 40.0 Å². The molecule has 27 heavy (non-hydrogen) atoms. The van der Waals surface area contributed by atoms with E-state index >= 15 is 0 Å². The summed E-state index contributed by atoms with van der Waals surface area (Å²) >= 11 is 1.68. The van der Waals surface area contributed by atoms with Gasteiger partial charge < -0.3 is 10.2 Å². The predicted octanol–water partition coefficient (Wildman–Crippen LogP) is 5.46. The van der Waals surface area contributed by atoms with E-state index in [4.69, 9.17) is 4.98 Å². The van der Waals surface area contributed by atoms with Gasteiger partial charge in [-0.15, -0.1) is 0 Å². The number of piperidine rings is 1. The number of aryl methyl sites for hydroxylation is 3. The van der Waals surface area contributed by atoms with Crippen molar-refractivity contribution in [2.75, 3.05) is 23.3 Å². The second kappa shape index (κ2) is 7.31. The first-order valence-electron chi connectivity index (χ1n) is 9.56. The Morgan fingerprint density at radius 2 is 1.74 bits per heavy atom. The van der Waals surface area contributed by atoms with E-state index in [1.807, 2.05) is 32.0 Å². The number of nitrogens with one attached hydrogen (secondary N) is 1. The Bertz CT molecular complexity index is 979. The van der Waals surface area contributed by atoms with Crippen LogP contribution in [0.15, 0.2) is 30.3 Å². The molecule has 140 valence electrons. The Morgan fingerprint density at radius 1 is 1.04 bits per heavy atom. The van der Waals surface area contributed by atoms with Crippen LogP contribution in [0.3, 0.4) is 0 Å². The summed E-state index contributed by atoms with van der Waals surface area (Å²) in [7, 11) is 0. The van der Waals surface area contributed by atoms with Crippen LogP contribution >= 0.6 is 11.3 Å². The molecule has 0 aliphatic carbocycles. The second-order valence-corrected chi connectivity index (χ2v) is 8.46. The fraction of sp³-hybridized carbons (Fsp3) is 0.364. The Morgan fingerprint density at radius 3 is 2.44 bits per heavy atom. The summed E-state index contributed by atoms with van der Waals surface area (Å²) in [6.07, 6.45) is 3.78. The molecule has 0 unspecified atom stereocenters. The van der Waals surface area contributed by atoms with Crippen LogP contribution in [0.1, 0.15) is 46.3 Å². The molecule has 2 aromatic carbocycles. The largest absolute Gasteiger partial charge is 0.348 e. The molecule has 1 aliphatic heterocycles. The van der Waals surface area contributed by atoms with E-state index in [-0.39, 0.29) is 5.91 Å². The first-order valence-corrected chi connectivity index (χ1v) is 10.4. The molecule has 1 aliphatic rings. The third-order valence-electron chi connectivity index (χ3n) is 5.18. The third-order valence-corrected chi connectivity index (χ3v) is 6.26. The van der Waals surface area contributed by atoms with Gasteiger partial charge in [0.1, 0.15) is 0 Å². The average Bonchev–Trinajstić information content (AvgIpc) is 3.08. The van der Waals surface area contributed by atoms with Gasteiger partial charge >= 0.3 is 0 Å². The van der Waals surface area contributed by atoms with Gasteiger partial charge in [-0.2, -0.15) is 0 Å². The number of fused-ring (bicyclic) bond motifs is 1. The molecule has 1 saturated heterocycles. The highest BCUT2D eigenvalue weighted by molar-refractivity contribution is 7.22. The van der Waals surface area contributed by atoms with E-state index in [9.17, 15) is 4.79 Å². The lowest BCUT2D eigenvalue weighted by Gasteiger charge is -2.25. The first-order chi connectivity index (χ1) is 13.0. The number of nitrogens with zero attached hydrogens (tertiary/aromatic N) is 2. The van der Waals surface area contributed by atoms with Crippen LogP contribution in [0.2, 0.25) is 0 Å². The molecule has 0 atom stereocenters. The van der Waals surface area contributed by atoms with Crippen LogP contribution in [0.4, 0.5) is 10.8 Å². The molecule has 5 heteroatoms. The maximum Gasteiger partial charge on any atom is 0.255 e. The van der Waals surface area contributed by atoms with Gasteiger partial charge in [0.05, 0.1) is 10.2 Å². The van der Waals surface area contributed by atoms with Crippen LogP contribution in [0.5, 0.6) is 0 Å². The number of hydrogen-bond donors (Lipinski definition) is 1. The number of amides is 1. The number of thiazole rings is 1. The van der Waals surface area contributed by atoms with Crippen molar-refractivity contribution in [3.8, 4) is 0 Å². The van der Waals surface area contributed by atoms with Crippen molar-refractivity contribution in [1.82, 2.24) is 4.98 Å². The lowest BCUT2D eigenvalue weighted by molar-refractivity contribution is 0.102. The van der Waals surface area contributed by atoms with Crippen molar-refractivity contribution in [3.63, 3.8) is 0 Å². The van der Waals surface area contributed by atoms with Crippen molar-refractivity contribution < 1.29 is 4.79 Å². The Hall–Kier alpha value is -2.40. The minimum atomic E-state index is -0.0696. The molecule has 0 saturated carbocycles. The van der Waals surface area contributed by atoms with Crippen LogP contribution < -0.4 is 10.2 Å². The predicted molar refractivity (Wildman–Crippen MR) is 114 cm³/mol. The molecule has 0 radical (unpaired) electrons. The van der Waals surface area contributed by atoms with Crippen molar-refractivity contribution >= 4 is 38.3 Å². The van der Waals surface area contributed by atoms with Gasteiger partial charge in [0.2, 0.25) is 0 Å². The summed E-state index contributed by atoms with van der Waals surface area (Å²) in [4.78, 5) is 20.0. The standard InChI is InChI=1S/C22H25N3OS/c1-14-11-15(2)20(16(3)12-14)24-21(26)17-7-8-18-19(13-17)27-22(23-18)25-9-5-4-6-10-25/h7-8,11-13H,4-6,9-10H2,1-3H3,(H,24,26). The number of benzene rings is 2. The van der Waals surface area contributed by atoms with Gasteiger partial charge in [-0.25, -0.2) is 4.98 Å². The van der Waals surface area contributed by atoms with Crippen molar-refractivity contribution in [1.29, 1.82) is 0 Å². The monoisotopic (exact) mass is 379 g/mol. The molecule has 0 spiro atoms. The molecule has 1 fully saturated rings. The quantitative estimate of drug-likeness (QED) is 0.657. The highest BCUT2D eigenvalue weighted by Crippen LogP contribution is 2.31. The SMILES string of the molecule is Cc1cc(C)c(NC(=O)c2ccc3nc(N4CCCCC4)sc3c2)c(C)c1. The zero-order valence-electron chi connectivity index (χ0n) is 16.1. The highest BCUT2D eigenvalue weighted by atomic mass is 32.1. The minimum absolute atomic E-state index is 0.0696. The highest BCUT2D eigenvalue weighted by Gasteiger charge is 2.17. The smallest absolute Gasteiger partial charge is 0.255 e. The topological polar surface area (TPSA) is 45.2 Å². The third kappa shape index (κ3) is 3.69. The van der Waals surface area contributed by atoms with Crippen LogP contribution in [0, 0.1) is 20.8 Å². The lowest BCUT2D eigenvalue weighted by atomic mass is 10.0. The van der Waals surface area contributed by atoms with Gasteiger partial charge in [0, 0.05) is 24.3 Å². The van der Waals surface area contributed by atoms with Gasteiger partial charge in [-0.3, -0.25) is 4.79 Å². The van der Waals surface area contributed by atoms with Gasteiger partial charge in [0.15, 0.2) is 5.13 Å². The summed E-state index contributed by atoms with van der Waals surface area (Å²) in [5, 5.41) is 4.17. The van der Waals surface area contributed by atoms with Crippen molar-refractivity contribution in [2.24, 2.45) is 0 Å². The molecular formula is C22H25N3OS. The number of rotatable bonds is 3. The van der Waals surface area contributed by atoms with Crippen LogP contribution in [-0.4, -0.2) is 24.0 Å². The van der Waals surface area contributed by atoms with E-state index in [2.05, 4.69) is 29.3 Å². The van der Waals surface area contributed by atoms with Gasteiger partial charge in [0.25, 0.3) is 5.91 Å². The fourth-order valence-electron chi connectivity index (χ4n) is 3.84. The summed E-state index contributed by atoms with van der Waals surface area (Å²) in [5.74, 6) is -0.0696. The zero-order valence-corrected chi connectivity index (χ0v) is 16.9. The molecule has 4 rings (SSSR count). The maximum atomic E-state index is 12.8. The summed E-state index contributed by atoms with van der Waals surface area (Å²) in [6.45, 7) is 8.31. The van der Waals surface area contributed by atoms with E-state index in [0.717, 1.165) is 45.3 Å². The molecule has 1 N–H and O–H groups in total. The van der Waals surface area contributed by atoms with Crippen LogP contribution in [-0.2, 0) is 0 Å². The Balaban J connectivity index is 1.59. The maximum absolute atomic E-state index is 12.8. The van der Waals surface area contributed by atoms with E-state index in [0.29, 0.717) is 5.56 Å². The van der Waals surface area contributed by atoms with E-state index < -0.39 is 0 Å². The molecule has 1 amide bonds.